The number of nitrogens with one attached hydrogen (secondary N) is 2. The van der Waals surface area contributed by atoms with E-state index < -0.39 is 11.5 Å². The minimum atomic E-state index is -0.740. The Morgan fingerprint density at radius 1 is 0.833 bits per heavy atom. The van der Waals surface area contributed by atoms with Crippen LogP contribution in [0.1, 0.15) is 73.2 Å². The summed E-state index contributed by atoms with van der Waals surface area (Å²) in [5.74, 6) is 9.95. The minimum Gasteiger partial charge on any atom is -0.368 e. The fourth-order valence-corrected chi connectivity index (χ4v) is 8.78. The first kappa shape index (κ1) is 34.2. The van der Waals surface area contributed by atoms with Crippen LogP contribution in [0.15, 0.2) is 59.9 Å². The van der Waals surface area contributed by atoms with E-state index in [9.17, 15) is 29.2 Å². The number of piperazine rings is 1. The van der Waals surface area contributed by atoms with E-state index >= 15 is 0 Å². The number of benzene rings is 3. The number of hydrogen-bond acceptors (Lipinski definition) is 9. The fraction of sp³-hybridized carbons (Fsp3) is 0.279. The zero-order valence-electron chi connectivity index (χ0n) is 30.0. The molecule has 11 heteroatoms. The van der Waals surface area contributed by atoms with Gasteiger partial charge in [-0.2, -0.15) is 5.26 Å². The SMILES string of the molecule is CCc1cc2c(cc1N1CCN(c3cccc4c(=C=O)n(C5CCC(=C=O)NC5=C=O)c(=C=O)c34)CC1)C(C)(C)c1[nH]c3cc(C#N)ccc3c1C2=C=O. The number of piperidine rings is 1. The van der Waals surface area contributed by atoms with Crippen LogP contribution in [0, 0.1) is 11.3 Å². The standard InChI is InChI=1S/C43H34N6O5/c1-4-26-17-30-31(21-51)40-28-10-8-25(19-44)16-33(28)46-42(40)43(2,3)32(30)18-37(26)48-14-12-47(13-15-48)36-7-5-6-29-38(23-53)49(39(24-54)41(29)36)35-11-9-27(20-50)45-34(35)22-52/h5-8,10,16-18,35,45-46H,4,9,11-15H2,1-3H3. The van der Waals surface area contributed by atoms with Gasteiger partial charge in [0.15, 0.2) is 11.9 Å². The van der Waals surface area contributed by atoms with Crippen molar-refractivity contribution in [1.29, 1.82) is 5.26 Å². The van der Waals surface area contributed by atoms with Gasteiger partial charge in [0.2, 0.25) is 0 Å². The van der Waals surface area contributed by atoms with Crippen LogP contribution in [0.2, 0.25) is 0 Å². The molecule has 5 aromatic rings. The summed E-state index contributed by atoms with van der Waals surface area (Å²) in [5.41, 5.74) is 8.19. The summed E-state index contributed by atoms with van der Waals surface area (Å²) in [6.45, 7) is 8.94. The number of aromatic nitrogens is 2. The zero-order chi connectivity index (χ0) is 37.9. The number of nitrogens with zero attached hydrogens (tertiary/aromatic N) is 4. The van der Waals surface area contributed by atoms with Gasteiger partial charge in [-0.1, -0.05) is 39.0 Å². The molecule has 0 radical (unpaired) electrons. The molecule has 2 aromatic heterocycles. The Morgan fingerprint density at radius 2 is 1.57 bits per heavy atom. The summed E-state index contributed by atoms with van der Waals surface area (Å²) in [6.07, 6.45) is 1.30. The predicted molar refractivity (Wildman–Crippen MR) is 204 cm³/mol. The van der Waals surface area contributed by atoms with Crippen LogP contribution in [-0.2, 0) is 35.8 Å². The number of aromatic amines is 1. The van der Waals surface area contributed by atoms with Gasteiger partial charge in [0, 0.05) is 82.3 Å². The number of rotatable bonds is 4. The topological polar surface area (TPSA) is 148 Å². The van der Waals surface area contributed by atoms with Crippen molar-refractivity contribution in [2.24, 2.45) is 0 Å². The molecule has 3 aliphatic rings. The molecule has 0 bridgehead atoms. The van der Waals surface area contributed by atoms with E-state index in [-0.39, 0.29) is 34.9 Å². The number of H-pyrrole nitrogens is 1. The van der Waals surface area contributed by atoms with Crippen molar-refractivity contribution < 1.29 is 24.0 Å². The highest BCUT2D eigenvalue weighted by Crippen LogP contribution is 2.49. The number of carbonyl (C=O) groups excluding carboxylic acids is 5. The molecule has 266 valence electrons. The second-order valence-corrected chi connectivity index (χ2v) is 14.5. The lowest BCUT2D eigenvalue weighted by atomic mass is 9.69. The van der Waals surface area contributed by atoms with Gasteiger partial charge in [-0.3, -0.25) is 0 Å². The largest absolute Gasteiger partial charge is 0.368 e. The van der Waals surface area contributed by atoms with E-state index in [0.717, 1.165) is 56.6 Å². The van der Waals surface area contributed by atoms with Crippen molar-refractivity contribution in [2.75, 3.05) is 36.0 Å². The van der Waals surface area contributed by atoms with Gasteiger partial charge in [0.25, 0.3) is 0 Å². The molecule has 1 atom stereocenters. The van der Waals surface area contributed by atoms with Gasteiger partial charge in [0.1, 0.15) is 39.9 Å². The van der Waals surface area contributed by atoms with Crippen LogP contribution < -0.4 is 25.8 Å². The molecule has 1 unspecified atom stereocenters. The number of fused-ring (bicyclic) bond motifs is 5. The van der Waals surface area contributed by atoms with Crippen LogP contribution in [0.5, 0.6) is 0 Å². The average Bonchev–Trinajstić information content (AvgIpc) is 3.76. The first-order chi connectivity index (χ1) is 26.2. The maximum Gasteiger partial charge on any atom is 0.151 e. The van der Waals surface area contributed by atoms with E-state index in [0.29, 0.717) is 48.1 Å². The third-order valence-electron chi connectivity index (χ3n) is 11.4. The maximum absolute atomic E-state index is 12.7. The van der Waals surface area contributed by atoms with Crippen molar-refractivity contribution >= 4 is 68.3 Å². The molecular weight excluding hydrogens is 681 g/mol. The third kappa shape index (κ3) is 4.96. The molecule has 4 heterocycles. The molecular formula is C43H34N6O5. The highest BCUT2D eigenvalue weighted by molar-refractivity contribution is 6.10. The minimum absolute atomic E-state index is 0.0349. The van der Waals surface area contributed by atoms with Crippen molar-refractivity contribution in [3.05, 3.63) is 104 Å². The van der Waals surface area contributed by atoms with E-state index in [4.69, 9.17) is 0 Å². The molecule has 2 fully saturated rings. The number of allylic oxidation sites excluding steroid dienone is 2. The van der Waals surface area contributed by atoms with Crippen LogP contribution >= 0.6 is 0 Å². The van der Waals surface area contributed by atoms with E-state index in [2.05, 4.69) is 71.0 Å². The second-order valence-electron chi connectivity index (χ2n) is 14.5. The third-order valence-corrected chi connectivity index (χ3v) is 11.4. The maximum atomic E-state index is 12.7. The molecule has 2 aliphatic heterocycles. The Bertz CT molecular complexity index is 2830. The average molecular weight is 715 g/mol. The Balaban J connectivity index is 1.16. The number of hydrogen-bond donors (Lipinski definition) is 2. The summed E-state index contributed by atoms with van der Waals surface area (Å²) in [4.78, 5) is 69.2. The first-order valence-corrected chi connectivity index (χ1v) is 17.9. The van der Waals surface area contributed by atoms with Crippen molar-refractivity contribution in [3.63, 3.8) is 0 Å². The van der Waals surface area contributed by atoms with Crippen molar-refractivity contribution in [3.8, 4) is 6.07 Å². The fourth-order valence-electron chi connectivity index (χ4n) is 8.78. The second kappa shape index (κ2) is 13.0. The Labute approximate surface area is 309 Å². The lowest BCUT2D eigenvalue weighted by molar-refractivity contribution is 0.449. The van der Waals surface area contributed by atoms with Gasteiger partial charge in [0.05, 0.1) is 23.2 Å². The molecule has 11 nitrogen and oxygen atoms in total. The molecule has 0 saturated carbocycles. The molecule has 2 saturated heterocycles. The Hall–Kier alpha value is -6.86. The quantitative estimate of drug-likeness (QED) is 0.268. The smallest absolute Gasteiger partial charge is 0.151 e. The van der Waals surface area contributed by atoms with Crippen LogP contribution in [0.4, 0.5) is 11.4 Å². The number of nitriles is 1. The lowest BCUT2D eigenvalue weighted by Gasteiger charge is -2.40. The summed E-state index contributed by atoms with van der Waals surface area (Å²) >= 11 is 0. The summed E-state index contributed by atoms with van der Waals surface area (Å²) in [6, 6.07) is 16.8. The van der Waals surface area contributed by atoms with Gasteiger partial charge in [-0.15, -0.1) is 0 Å². The zero-order valence-corrected chi connectivity index (χ0v) is 30.0. The highest BCUT2D eigenvalue weighted by atomic mass is 16.1. The highest BCUT2D eigenvalue weighted by Gasteiger charge is 2.40. The van der Waals surface area contributed by atoms with Crippen molar-refractivity contribution in [2.45, 2.75) is 51.5 Å². The number of anilines is 2. The predicted octanol–water partition coefficient (Wildman–Crippen LogP) is 3.15. The van der Waals surface area contributed by atoms with Gasteiger partial charge in [-0.25, -0.2) is 24.0 Å². The van der Waals surface area contributed by atoms with E-state index in [1.54, 1.807) is 18.1 Å². The molecule has 54 heavy (non-hydrogen) atoms. The molecule has 0 spiro atoms. The molecule has 3 aromatic carbocycles. The number of aryl methyl sites for hydroxylation is 1. The van der Waals surface area contributed by atoms with Crippen LogP contribution in [0.25, 0.3) is 27.2 Å². The lowest BCUT2D eigenvalue weighted by Crippen LogP contribution is -2.47. The first-order valence-electron chi connectivity index (χ1n) is 17.9. The summed E-state index contributed by atoms with van der Waals surface area (Å²) in [7, 11) is 0. The summed E-state index contributed by atoms with van der Waals surface area (Å²) in [5, 5.41) is 14.5. The summed E-state index contributed by atoms with van der Waals surface area (Å²) < 4.78 is 1.49. The van der Waals surface area contributed by atoms with Crippen LogP contribution in [0.3, 0.4) is 0 Å². The van der Waals surface area contributed by atoms with E-state index in [1.807, 2.05) is 36.1 Å². The Morgan fingerprint density at radius 3 is 2.22 bits per heavy atom. The van der Waals surface area contributed by atoms with Crippen LogP contribution in [-0.4, -0.2) is 65.4 Å². The molecule has 0 amide bonds. The molecule has 2 N–H and O–H groups in total. The van der Waals surface area contributed by atoms with Gasteiger partial charge in [-0.05, 0) is 59.9 Å². The van der Waals surface area contributed by atoms with E-state index in [1.165, 1.54) is 4.57 Å². The van der Waals surface area contributed by atoms with Gasteiger partial charge >= 0.3 is 0 Å². The molecule has 1 aliphatic carbocycles. The Kier molecular flexibility index (Phi) is 8.22. The van der Waals surface area contributed by atoms with Gasteiger partial charge < -0.3 is 24.7 Å². The van der Waals surface area contributed by atoms with Crippen molar-refractivity contribution in [1.82, 2.24) is 14.9 Å². The molecule has 8 rings (SSSR count). The normalized spacial score (nSPS) is 17.4. The monoisotopic (exact) mass is 714 g/mol.